The van der Waals surface area contributed by atoms with Gasteiger partial charge in [0.1, 0.15) is 11.2 Å². The maximum Gasteiger partial charge on any atom is 0.364 e. The van der Waals surface area contributed by atoms with Gasteiger partial charge in [0.25, 0.3) is 6.47 Å². The Hall–Kier alpha value is -5.24. The molecule has 2 atom stereocenters. The van der Waals surface area contributed by atoms with E-state index >= 15 is 4.79 Å². The first-order chi connectivity index (χ1) is 22.8. The lowest BCUT2D eigenvalue weighted by Gasteiger charge is -2.37. The topological polar surface area (TPSA) is 105 Å². The first-order valence-electron chi connectivity index (χ1n) is 15.9. The predicted molar refractivity (Wildman–Crippen MR) is 179 cm³/mol. The molecule has 4 aromatic carbocycles. The highest BCUT2D eigenvalue weighted by molar-refractivity contribution is 6.08. The SMILES string of the molecule is CC(C)(C)OC(=O)C(OC(=O)C(OC=O)(C(=O)OC(C)(C)C)C1c2ccccc2-c2ccccc21)C1c2ccccc2-c2ccccc21. The molecule has 8 nitrogen and oxygen atoms in total. The number of benzene rings is 4. The van der Waals surface area contributed by atoms with Crippen molar-refractivity contribution in [3.63, 3.8) is 0 Å². The molecule has 2 unspecified atom stereocenters. The Morgan fingerprint density at radius 1 is 0.583 bits per heavy atom. The quantitative estimate of drug-likeness (QED) is 0.0863. The van der Waals surface area contributed by atoms with Gasteiger partial charge < -0.3 is 18.9 Å². The van der Waals surface area contributed by atoms with E-state index < -0.39 is 52.7 Å². The lowest BCUT2D eigenvalue weighted by atomic mass is 9.79. The summed E-state index contributed by atoms with van der Waals surface area (Å²) < 4.78 is 23.6. The Kier molecular flexibility index (Phi) is 8.23. The average Bonchev–Trinajstić information content (AvgIpc) is 3.54. The molecule has 48 heavy (non-hydrogen) atoms. The third-order valence-corrected chi connectivity index (χ3v) is 8.54. The van der Waals surface area contributed by atoms with Crippen molar-refractivity contribution < 1.29 is 38.1 Å². The van der Waals surface area contributed by atoms with Gasteiger partial charge in [0.05, 0.1) is 11.8 Å². The second kappa shape index (κ2) is 12.1. The molecular formula is C40H38O8. The van der Waals surface area contributed by atoms with Crippen LogP contribution in [0.2, 0.25) is 0 Å². The van der Waals surface area contributed by atoms with Crippen molar-refractivity contribution >= 4 is 24.4 Å². The van der Waals surface area contributed by atoms with E-state index in [1.807, 2.05) is 72.8 Å². The van der Waals surface area contributed by atoms with Crippen molar-refractivity contribution in [2.24, 2.45) is 0 Å². The highest BCUT2D eigenvalue weighted by atomic mass is 16.6. The first kappa shape index (κ1) is 32.7. The fraction of sp³-hybridized carbons (Fsp3) is 0.300. The Bertz CT molecular complexity index is 1820. The van der Waals surface area contributed by atoms with E-state index in [0.29, 0.717) is 11.1 Å². The number of esters is 3. The molecule has 6 rings (SSSR count). The smallest absolute Gasteiger partial charge is 0.364 e. The molecule has 8 heteroatoms. The summed E-state index contributed by atoms with van der Waals surface area (Å²) in [6.07, 6.45) is -1.56. The highest BCUT2D eigenvalue weighted by Crippen LogP contribution is 2.53. The van der Waals surface area contributed by atoms with E-state index in [0.717, 1.165) is 33.4 Å². The van der Waals surface area contributed by atoms with Gasteiger partial charge >= 0.3 is 23.5 Å². The number of carbonyl (C=O) groups excluding carboxylic acids is 4. The standard InChI is InChI=1S/C40H38O8/c1-38(2,3)47-35(42)34(32-28-19-11-7-15-24(28)25-16-8-12-20-29(25)32)46-36(43)40(45-23-41,37(44)48-39(4,5)6)33-30-21-13-9-17-26(30)27-18-10-14-22-31(27)33/h7-23,32-34H,1-6H3. The zero-order valence-electron chi connectivity index (χ0n) is 27.8. The van der Waals surface area contributed by atoms with Crippen LogP contribution in [0.5, 0.6) is 0 Å². The van der Waals surface area contributed by atoms with Gasteiger partial charge in [-0.05, 0) is 86.1 Å². The third-order valence-electron chi connectivity index (χ3n) is 8.54. The van der Waals surface area contributed by atoms with Crippen molar-refractivity contribution in [2.45, 2.75) is 76.3 Å². The largest absolute Gasteiger partial charge is 0.457 e. The summed E-state index contributed by atoms with van der Waals surface area (Å²) in [5, 5.41) is 0. The second-order valence-electron chi connectivity index (χ2n) is 14.1. The van der Waals surface area contributed by atoms with Gasteiger partial charge in [-0.15, -0.1) is 0 Å². The van der Waals surface area contributed by atoms with E-state index in [1.165, 1.54) is 0 Å². The predicted octanol–water partition coefficient (Wildman–Crippen LogP) is 7.12. The van der Waals surface area contributed by atoms with Crippen LogP contribution in [-0.2, 0) is 38.1 Å². The molecule has 2 aliphatic rings. The number of rotatable bonds is 8. The van der Waals surface area contributed by atoms with Gasteiger partial charge in [-0.25, -0.2) is 14.4 Å². The van der Waals surface area contributed by atoms with Gasteiger partial charge in [0, 0.05) is 0 Å². The van der Waals surface area contributed by atoms with Crippen molar-refractivity contribution in [1.29, 1.82) is 0 Å². The maximum atomic E-state index is 15.0. The van der Waals surface area contributed by atoms with Gasteiger partial charge in [0.2, 0.25) is 6.10 Å². The minimum Gasteiger partial charge on any atom is -0.457 e. The molecule has 0 bridgehead atoms. The second-order valence-corrected chi connectivity index (χ2v) is 14.1. The average molecular weight is 647 g/mol. The number of hydrogen-bond donors (Lipinski definition) is 0. The maximum absolute atomic E-state index is 15.0. The Morgan fingerprint density at radius 2 is 0.979 bits per heavy atom. The molecule has 0 radical (unpaired) electrons. The molecule has 2 aliphatic carbocycles. The Labute approximate surface area is 280 Å². The fourth-order valence-electron chi connectivity index (χ4n) is 6.84. The van der Waals surface area contributed by atoms with Crippen LogP contribution in [0.3, 0.4) is 0 Å². The van der Waals surface area contributed by atoms with Crippen LogP contribution in [0, 0.1) is 0 Å². The molecule has 0 heterocycles. The van der Waals surface area contributed by atoms with Crippen LogP contribution in [0.4, 0.5) is 0 Å². The summed E-state index contributed by atoms with van der Waals surface area (Å²) in [6, 6.07) is 29.6. The molecule has 0 spiro atoms. The molecule has 0 N–H and O–H groups in total. The molecular weight excluding hydrogens is 608 g/mol. The van der Waals surface area contributed by atoms with E-state index in [-0.39, 0.29) is 6.47 Å². The Balaban J connectivity index is 1.55. The molecule has 0 fully saturated rings. The molecule has 0 amide bonds. The number of ether oxygens (including phenoxy) is 4. The minimum absolute atomic E-state index is 0.0530. The van der Waals surface area contributed by atoms with Gasteiger partial charge in [-0.1, -0.05) is 97.1 Å². The molecule has 0 aromatic heterocycles. The molecule has 0 saturated heterocycles. The van der Waals surface area contributed by atoms with Gasteiger partial charge in [-0.2, -0.15) is 0 Å². The van der Waals surface area contributed by atoms with E-state index in [2.05, 4.69) is 0 Å². The van der Waals surface area contributed by atoms with Crippen LogP contribution in [0.1, 0.15) is 75.6 Å². The Morgan fingerprint density at radius 3 is 1.40 bits per heavy atom. The lowest BCUT2D eigenvalue weighted by molar-refractivity contribution is -0.205. The van der Waals surface area contributed by atoms with Gasteiger partial charge in [0.15, 0.2) is 0 Å². The first-order valence-corrected chi connectivity index (χ1v) is 15.9. The summed E-state index contributed by atoms with van der Waals surface area (Å²) in [5.41, 5.74) is 1.21. The number of carbonyl (C=O) groups is 4. The summed E-state index contributed by atoms with van der Waals surface area (Å²) in [6.45, 7) is 10.1. The monoisotopic (exact) mass is 646 g/mol. The highest BCUT2D eigenvalue weighted by Gasteiger charge is 2.63. The van der Waals surface area contributed by atoms with E-state index in [4.69, 9.17) is 18.9 Å². The van der Waals surface area contributed by atoms with Crippen LogP contribution < -0.4 is 0 Å². The number of hydrogen-bond acceptors (Lipinski definition) is 8. The van der Waals surface area contributed by atoms with E-state index in [1.54, 1.807) is 65.8 Å². The van der Waals surface area contributed by atoms with Gasteiger partial charge in [-0.3, -0.25) is 4.79 Å². The molecule has 246 valence electrons. The third kappa shape index (κ3) is 5.65. The van der Waals surface area contributed by atoms with Crippen LogP contribution >= 0.6 is 0 Å². The van der Waals surface area contributed by atoms with Crippen LogP contribution in [0.25, 0.3) is 22.3 Å². The summed E-state index contributed by atoms with van der Waals surface area (Å²) in [5.74, 6) is -5.13. The zero-order chi connectivity index (χ0) is 34.4. The summed E-state index contributed by atoms with van der Waals surface area (Å²) in [4.78, 5) is 56.1. The molecule has 0 aliphatic heterocycles. The fourth-order valence-corrected chi connectivity index (χ4v) is 6.84. The molecule has 4 aromatic rings. The minimum atomic E-state index is -2.67. The van der Waals surface area contributed by atoms with E-state index in [9.17, 15) is 14.4 Å². The molecule has 0 saturated carbocycles. The van der Waals surface area contributed by atoms with Crippen molar-refractivity contribution in [3.05, 3.63) is 119 Å². The summed E-state index contributed by atoms with van der Waals surface area (Å²) in [7, 11) is 0. The van der Waals surface area contributed by atoms with Crippen molar-refractivity contribution in [2.75, 3.05) is 0 Å². The lowest BCUT2D eigenvalue weighted by Crippen LogP contribution is -2.58. The van der Waals surface area contributed by atoms with Crippen molar-refractivity contribution in [1.82, 2.24) is 0 Å². The normalized spacial score (nSPS) is 15.5. The van der Waals surface area contributed by atoms with Crippen LogP contribution in [0.15, 0.2) is 97.1 Å². The summed E-state index contributed by atoms with van der Waals surface area (Å²) >= 11 is 0. The van der Waals surface area contributed by atoms with Crippen LogP contribution in [-0.4, -0.2) is 47.3 Å². The zero-order valence-corrected chi connectivity index (χ0v) is 27.8. The van der Waals surface area contributed by atoms with Crippen molar-refractivity contribution in [3.8, 4) is 22.3 Å². The number of fused-ring (bicyclic) bond motifs is 6.